The minimum Gasteiger partial charge on any atom is -0.446 e. The standard InChI is InChI=1S/C34H48N8O6/c35-27-11-7-25(8-12-27)23-37-31(43)39-15-19-41(20-16-39)33(45)47-29-3-1-4-30(6-2-5-29)48-34(46)42-21-17-40(18-22-42)32(44)38-24-26-9-13-28(36)14-10-26/h7-14,29-30H,1-6,15-24,35-36H2,(H,37,43)(H,38,44). The molecule has 1 aliphatic carbocycles. The molecule has 2 saturated heterocycles. The zero-order valence-electron chi connectivity index (χ0n) is 27.5. The molecule has 6 N–H and O–H groups in total. The Morgan fingerprint density at radius 3 is 1.19 bits per heavy atom. The van der Waals surface area contributed by atoms with Gasteiger partial charge in [-0.3, -0.25) is 0 Å². The van der Waals surface area contributed by atoms with E-state index in [4.69, 9.17) is 20.9 Å². The summed E-state index contributed by atoms with van der Waals surface area (Å²) in [6, 6.07) is 14.4. The molecule has 1 saturated carbocycles. The molecule has 0 radical (unpaired) electrons. The number of anilines is 2. The Labute approximate surface area is 281 Å². The first-order chi connectivity index (χ1) is 23.2. The highest BCUT2D eigenvalue weighted by Crippen LogP contribution is 2.24. The molecule has 3 aliphatic rings. The number of urea groups is 2. The number of piperazine rings is 2. The molecule has 0 bridgehead atoms. The maximum Gasteiger partial charge on any atom is 0.410 e. The van der Waals surface area contributed by atoms with Crippen molar-refractivity contribution in [2.24, 2.45) is 0 Å². The van der Waals surface area contributed by atoms with Crippen LogP contribution in [-0.4, -0.2) is 108 Å². The number of nitrogens with zero attached hydrogens (tertiary/aromatic N) is 4. The molecule has 2 aliphatic heterocycles. The zero-order valence-corrected chi connectivity index (χ0v) is 27.5. The number of carbonyl (C=O) groups is 4. The first-order valence-corrected chi connectivity index (χ1v) is 16.9. The summed E-state index contributed by atoms with van der Waals surface area (Å²) in [5.41, 5.74) is 14.7. The number of carbonyl (C=O) groups excluding carboxylic acids is 4. The smallest absolute Gasteiger partial charge is 0.410 e. The average molecular weight is 665 g/mol. The fourth-order valence-corrected chi connectivity index (χ4v) is 6.14. The summed E-state index contributed by atoms with van der Waals surface area (Å²) in [5.74, 6) is 0. The SMILES string of the molecule is Nc1ccc(CNC(=O)N2CCN(C(=O)OC3CCCC(OC(=O)N4CCN(C(=O)NCc5ccc(N)cc5)CC4)CCC3)CC2)cc1. The Bertz CT molecular complexity index is 1260. The van der Waals surface area contributed by atoms with Crippen molar-refractivity contribution < 1.29 is 28.7 Å². The molecule has 2 heterocycles. The predicted octanol–water partition coefficient (Wildman–Crippen LogP) is 3.57. The van der Waals surface area contributed by atoms with E-state index in [1.807, 2.05) is 24.3 Å². The second-order valence-corrected chi connectivity index (χ2v) is 12.6. The predicted molar refractivity (Wildman–Crippen MR) is 181 cm³/mol. The van der Waals surface area contributed by atoms with E-state index in [2.05, 4.69) is 10.6 Å². The number of amides is 6. The number of nitrogens with two attached hydrogens (primary N) is 2. The van der Waals surface area contributed by atoms with Crippen molar-refractivity contribution in [2.75, 3.05) is 63.8 Å². The monoisotopic (exact) mass is 664 g/mol. The van der Waals surface area contributed by atoms with Gasteiger partial charge in [0.15, 0.2) is 0 Å². The van der Waals surface area contributed by atoms with E-state index < -0.39 is 0 Å². The first-order valence-electron chi connectivity index (χ1n) is 16.9. The van der Waals surface area contributed by atoms with Gasteiger partial charge in [0.25, 0.3) is 0 Å². The lowest BCUT2D eigenvalue weighted by molar-refractivity contribution is 0.0196. The normalized spacial score (nSPS) is 20.2. The van der Waals surface area contributed by atoms with Gasteiger partial charge in [-0.1, -0.05) is 24.3 Å². The lowest BCUT2D eigenvalue weighted by atomic mass is 9.96. The molecular weight excluding hydrogens is 616 g/mol. The minimum absolute atomic E-state index is 0.161. The van der Waals surface area contributed by atoms with Crippen LogP contribution in [0.15, 0.2) is 48.5 Å². The molecule has 5 rings (SSSR count). The van der Waals surface area contributed by atoms with E-state index in [1.165, 1.54) is 0 Å². The van der Waals surface area contributed by atoms with Crippen molar-refractivity contribution in [1.82, 2.24) is 30.2 Å². The third-order valence-electron chi connectivity index (χ3n) is 9.14. The summed E-state index contributed by atoms with van der Waals surface area (Å²) >= 11 is 0. The van der Waals surface area contributed by atoms with Gasteiger partial charge in [0.1, 0.15) is 12.2 Å². The topological polar surface area (TPSA) is 176 Å². The van der Waals surface area contributed by atoms with Gasteiger partial charge in [0.2, 0.25) is 0 Å². The lowest BCUT2D eigenvalue weighted by Gasteiger charge is -2.36. The van der Waals surface area contributed by atoms with Crippen LogP contribution in [-0.2, 0) is 22.6 Å². The zero-order chi connectivity index (χ0) is 33.9. The number of hydrogen-bond donors (Lipinski definition) is 4. The quantitative estimate of drug-likeness (QED) is 0.339. The molecule has 6 amide bonds. The molecule has 2 aromatic carbocycles. The molecule has 2 aromatic rings. The van der Waals surface area contributed by atoms with Gasteiger partial charge in [-0.2, -0.15) is 0 Å². The van der Waals surface area contributed by atoms with Crippen molar-refractivity contribution in [2.45, 2.75) is 63.8 Å². The van der Waals surface area contributed by atoms with Gasteiger partial charge >= 0.3 is 24.2 Å². The summed E-state index contributed by atoms with van der Waals surface area (Å²) in [5, 5.41) is 5.84. The summed E-state index contributed by atoms with van der Waals surface area (Å²) < 4.78 is 11.7. The first kappa shape index (κ1) is 34.5. The van der Waals surface area contributed by atoms with Crippen LogP contribution in [0.5, 0.6) is 0 Å². The van der Waals surface area contributed by atoms with Crippen LogP contribution in [0.3, 0.4) is 0 Å². The van der Waals surface area contributed by atoms with Gasteiger partial charge in [-0.15, -0.1) is 0 Å². The molecule has 14 nitrogen and oxygen atoms in total. The van der Waals surface area contributed by atoms with Crippen molar-refractivity contribution in [3.8, 4) is 0 Å². The van der Waals surface area contributed by atoms with E-state index in [-0.39, 0.29) is 36.5 Å². The average Bonchev–Trinajstić information content (AvgIpc) is 3.09. The molecular formula is C34H48N8O6. The summed E-state index contributed by atoms with van der Waals surface area (Å²) in [4.78, 5) is 57.8. The van der Waals surface area contributed by atoms with Crippen molar-refractivity contribution >= 4 is 35.6 Å². The number of ether oxygens (including phenoxy) is 2. The van der Waals surface area contributed by atoms with Crippen molar-refractivity contribution in [3.63, 3.8) is 0 Å². The van der Waals surface area contributed by atoms with E-state index >= 15 is 0 Å². The number of nitrogens with one attached hydrogen (secondary N) is 2. The van der Waals surface area contributed by atoms with E-state index in [1.54, 1.807) is 43.9 Å². The highest BCUT2D eigenvalue weighted by Gasteiger charge is 2.30. The Morgan fingerprint density at radius 1 is 0.542 bits per heavy atom. The number of rotatable bonds is 6. The van der Waals surface area contributed by atoms with E-state index in [9.17, 15) is 19.2 Å². The van der Waals surface area contributed by atoms with E-state index in [0.29, 0.717) is 103 Å². The minimum atomic E-state index is -0.344. The maximum absolute atomic E-state index is 12.9. The van der Waals surface area contributed by atoms with E-state index in [0.717, 1.165) is 24.0 Å². The van der Waals surface area contributed by atoms with Gasteiger partial charge < -0.3 is 51.2 Å². The highest BCUT2D eigenvalue weighted by atomic mass is 16.6. The molecule has 260 valence electrons. The highest BCUT2D eigenvalue weighted by molar-refractivity contribution is 5.75. The molecule has 3 fully saturated rings. The largest absolute Gasteiger partial charge is 0.446 e. The Morgan fingerprint density at radius 2 is 0.854 bits per heavy atom. The van der Waals surface area contributed by atoms with Gasteiger partial charge in [0, 0.05) is 76.8 Å². The molecule has 0 spiro atoms. The van der Waals surface area contributed by atoms with Crippen LogP contribution in [0.25, 0.3) is 0 Å². The maximum atomic E-state index is 12.9. The summed E-state index contributed by atoms with van der Waals surface area (Å²) in [6.07, 6.45) is 3.32. The summed E-state index contributed by atoms with van der Waals surface area (Å²) in [6.45, 7) is 4.24. The molecule has 0 atom stereocenters. The van der Waals surface area contributed by atoms with Gasteiger partial charge in [-0.25, -0.2) is 19.2 Å². The van der Waals surface area contributed by atoms with Crippen LogP contribution >= 0.6 is 0 Å². The van der Waals surface area contributed by atoms with Crippen LogP contribution < -0.4 is 22.1 Å². The second kappa shape index (κ2) is 16.8. The Kier molecular flexibility index (Phi) is 12.1. The van der Waals surface area contributed by atoms with Crippen molar-refractivity contribution in [1.29, 1.82) is 0 Å². The third-order valence-corrected chi connectivity index (χ3v) is 9.14. The fourth-order valence-electron chi connectivity index (χ4n) is 6.14. The van der Waals surface area contributed by atoms with Crippen molar-refractivity contribution in [3.05, 3.63) is 59.7 Å². The molecule has 0 unspecified atom stereocenters. The molecule has 0 aromatic heterocycles. The summed E-state index contributed by atoms with van der Waals surface area (Å²) in [7, 11) is 0. The van der Waals surface area contributed by atoms with Crippen LogP contribution in [0, 0.1) is 0 Å². The lowest BCUT2D eigenvalue weighted by Crippen LogP contribution is -2.53. The van der Waals surface area contributed by atoms with Gasteiger partial charge in [-0.05, 0) is 73.9 Å². The third kappa shape index (κ3) is 10.1. The Hall–Kier alpha value is -4.88. The number of benzene rings is 2. The van der Waals surface area contributed by atoms with Crippen LogP contribution in [0.2, 0.25) is 0 Å². The number of hydrogen-bond acceptors (Lipinski definition) is 8. The second-order valence-electron chi connectivity index (χ2n) is 12.6. The molecule has 48 heavy (non-hydrogen) atoms. The van der Waals surface area contributed by atoms with Crippen LogP contribution in [0.4, 0.5) is 30.6 Å². The number of nitrogen functional groups attached to an aromatic ring is 2. The molecule has 14 heteroatoms. The van der Waals surface area contributed by atoms with Crippen LogP contribution in [0.1, 0.15) is 49.7 Å². The fraction of sp³-hybridized carbons (Fsp3) is 0.529. The Balaban J connectivity index is 0.943. The van der Waals surface area contributed by atoms with Gasteiger partial charge in [0.05, 0.1) is 0 Å².